The van der Waals surface area contributed by atoms with E-state index >= 15 is 0 Å². The lowest BCUT2D eigenvalue weighted by Gasteiger charge is -2.15. The molecule has 0 unspecified atom stereocenters. The molecule has 0 heterocycles. The number of imide groups is 1. The molecule has 0 saturated carbocycles. The van der Waals surface area contributed by atoms with Gasteiger partial charge in [0.05, 0.1) is 12.2 Å². The molecule has 7 nitrogen and oxygen atoms in total. The number of amides is 3. The first-order chi connectivity index (χ1) is 10.8. The van der Waals surface area contributed by atoms with Crippen LogP contribution in [0.3, 0.4) is 0 Å². The summed E-state index contributed by atoms with van der Waals surface area (Å²) >= 11 is 0. The van der Waals surface area contributed by atoms with Crippen LogP contribution in [0.5, 0.6) is 5.75 Å². The van der Waals surface area contributed by atoms with Crippen LogP contribution in [0.15, 0.2) is 24.3 Å². The molecule has 126 valence electrons. The summed E-state index contributed by atoms with van der Waals surface area (Å²) in [6, 6.07) is 5.64. The minimum Gasteiger partial charge on any atom is -0.481 e. The SMILES string of the molecule is CCOC(=O)c1cccc(O[C@H](C)C(=O)NC(=O)NC(C)C)c1. The van der Waals surface area contributed by atoms with E-state index in [4.69, 9.17) is 9.47 Å². The average molecular weight is 322 g/mol. The van der Waals surface area contributed by atoms with Crippen LogP contribution in [0.2, 0.25) is 0 Å². The van der Waals surface area contributed by atoms with Gasteiger partial charge >= 0.3 is 12.0 Å². The summed E-state index contributed by atoms with van der Waals surface area (Å²) in [5.41, 5.74) is 0.328. The van der Waals surface area contributed by atoms with Gasteiger partial charge in [-0.2, -0.15) is 0 Å². The van der Waals surface area contributed by atoms with E-state index in [0.717, 1.165) is 0 Å². The number of urea groups is 1. The molecule has 2 N–H and O–H groups in total. The molecule has 23 heavy (non-hydrogen) atoms. The fourth-order valence-corrected chi connectivity index (χ4v) is 1.68. The third-order valence-electron chi connectivity index (χ3n) is 2.68. The molecular formula is C16H22N2O5. The first kappa shape index (κ1) is 18.5. The highest BCUT2D eigenvalue weighted by atomic mass is 16.5. The van der Waals surface area contributed by atoms with Gasteiger partial charge in [-0.15, -0.1) is 0 Å². The summed E-state index contributed by atoms with van der Waals surface area (Å²) in [4.78, 5) is 35.0. The minimum absolute atomic E-state index is 0.0831. The van der Waals surface area contributed by atoms with Crippen molar-refractivity contribution in [1.82, 2.24) is 10.6 Å². The lowest BCUT2D eigenvalue weighted by atomic mass is 10.2. The van der Waals surface area contributed by atoms with E-state index in [2.05, 4.69) is 10.6 Å². The third kappa shape index (κ3) is 6.37. The number of rotatable bonds is 6. The molecule has 0 fully saturated rings. The highest BCUT2D eigenvalue weighted by Crippen LogP contribution is 2.16. The number of benzene rings is 1. The van der Waals surface area contributed by atoms with E-state index in [1.807, 2.05) is 0 Å². The van der Waals surface area contributed by atoms with Crippen LogP contribution < -0.4 is 15.4 Å². The van der Waals surface area contributed by atoms with Gasteiger partial charge in [0.25, 0.3) is 5.91 Å². The number of nitrogens with one attached hydrogen (secondary N) is 2. The second kappa shape index (κ2) is 8.77. The van der Waals surface area contributed by atoms with Crippen molar-refractivity contribution < 1.29 is 23.9 Å². The van der Waals surface area contributed by atoms with Crippen LogP contribution >= 0.6 is 0 Å². The molecule has 1 aromatic rings. The Balaban J connectivity index is 2.64. The maximum absolute atomic E-state index is 11.9. The molecule has 1 atom stereocenters. The van der Waals surface area contributed by atoms with Gasteiger partial charge in [0.1, 0.15) is 5.75 Å². The quantitative estimate of drug-likeness (QED) is 0.780. The Morgan fingerprint density at radius 1 is 1.17 bits per heavy atom. The van der Waals surface area contributed by atoms with Gasteiger partial charge in [0.2, 0.25) is 0 Å². The van der Waals surface area contributed by atoms with Crippen LogP contribution in [-0.4, -0.2) is 36.7 Å². The fourth-order valence-electron chi connectivity index (χ4n) is 1.68. The largest absolute Gasteiger partial charge is 0.481 e. The van der Waals surface area contributed by atoms with E-state index in [9.17, 15) is 14.4 Å². The second-order valence-corrected chi connectivity index (χ2v) is 5.13. The Labute approximate surface area is 135 Å². The Hall–Kier alpha value is -2.57. The van der Waals surface area contributed by atoms with E-state index in [1.54, 1.807) is 39.0 Å². The van der Waals surface area contributed by atoms with Crippen molar-refractivity contribution in [3.63, 3.8) is 0 Å². The summed E-state index contributed by atoms with van der Waals surface area (Å²) < 4.78 is 10.3. The summed E-state index contributed by atoms with van der Waals surface area (Å²) in [6.07, 6.45) is -0.898. The van der Waals surface area contributed by atoms with Gasteiger partial charge in [0, 0.05) is 6.04 Å². The highest BCUT2D eigenvalue weighted by molar-refractivity contribution is 5.96. The predicted molar refractivity (Wildman–Crippen MR) is 84.3 cm³/mol. The lowest BCUT2D eigenvalue weighted by Crippen LogP contribution is -2.46. The van der Waals surface area contributed by atoms with Gasteiger partial charge in [-0.1, -0.05) is 6.07 Å². The molecule has 0 aliphatic heterocycles. The standard InChI is InChI=1S/C16H22N2O5/c1-5-22-15(20)12-7-6-8-13(9-12)23-11(4)14(19)18-16(21)17-10(2)3/h6-11H,5H2,1-4H3,(H2,17,18,19,21)/t11-/m1/s1. The van der Waals surface area contributed by atoms with Gasteiger partial charge in [0.15, 0.2) is 6.10 Å². The van der Waals surface area contributed by atoms with Crippen molar-refractivity contribution in [2.75, 3.05) is 6.61 Å². The summed E-state index contributed by atoms with van der Waals surface area (Å²) in [5.74, 6) is -0.710. The maximum atomic E-state index is 11.9. The van der Waals surface area contributed by atoms with Crippen molar-refractivity contribution in [3.8, 4) is 5.75 Å². The molecule has 0 spiro atoms. The summed E-state index contributed by atoms with van der Waals surface area (Å²) in [7, 11) is 0. The van der Waals surface area contributed by atoms with E-state index in [1.165, 1.54) is 13.0 Å². The van der Waals surface area contributed by atoms with Crippen molar-refractivity contribution in [3.05, 3.63) is 29.8 Å². The smallest absolute Gasteiger partial charge is 0.338 e. The average Bonchev–Trinajstić information content (AvgIpc) is 2.46. The summed E-state index contributed by atoms with van der Waals surface area (Å²) in [5, 5.41) is 4.73. The molecule has 0 aliphatic rings. The lowest BCUT2D eigenvalue weighted by molar-refractivity contribution is -0.126. The number of ether oxygens (including phenoxy) is 2. The molecule has 0 saturated heterocycles. The van der Waals surface area contributed by atoms with E-state index in [0.29, 0.717) is 11.3 Å². The monoisotopic (exact) mass is 322 g/mol. The zero-order valence-electron chi connectivity index (χ0n) is 13.7. The van der Waals surface area contributed by atoms with Crippen LogP contribution in [-0.2, 0) is 9.53 Å². The van der Waals surface area contributed by atoms with Gasteiger partial charge in [-0.25, -0.2) is 9.59 Å². The van der Waals surface area contributed by atoms with Crippen LogP contribution in [0.1, 0.15) is 38.1 Å². The first-order valence-corrected chi connectivity index (χ1v) is 7.38. The van der Waals surface area contributed by atoms with Crippen molar-refractivity contribution in [1.29, 1.82) is 0 Å². The topological polar surface area (TPSA) is 93.7 Å². The highest BCUT2D eigenvalue weighted by Gasteiger charge is 2.18. The minimum atomic E-state index is -0.898. The third-order valence-corrected chi connectivity index (χ3v) is 2.68. The zero-order valence-corrected chi connectivity index (χ0v) is 13.7. The zero-order chi connectivity index (χ0) is 17.4. The number of carbonyl (C=O) groups excluding carboxylic acids is 3. The Bertz CT molecular complexity index is 571. The summed E-state index contributed by atoms with van der Waals surface area (Å²) in [6.45, 7) is 7.06. The normalized spacial score (nSPS) is 11.5. The molecule has 1 aromatic carbocycles. The van der Waals surface area contributed by atoms with Crippen LogP contribution in [0, 0.1) is 0 Å². The molecule has 0 radical (unpaired) electrons. The number of esters is 1. The van der Waals surface area contributed by atoms with Crippen LogP contribution in [0.4, 0.5) is 4.79 Å². The van der Waals surface area contributed by atoms with Crippen molar-refractivity contribution >= 4 is 17.9 Å². The number of carbonyl (C=O) groups is 3. The molecule has 7 heteroatoms. The Kier molecular flexibility index (Phi) is 7.05. The van der Waals surface area contributed by atoms with Crippen molar-refractivity contribution in [2.45, 2.75) is 39.8 Å². The number of hydrogen-bond acceptors (Lipinski definition) is 5. The van der Waals surface area contributed by atoms with Gasteiger partial charge in [-0.3, -0.25) is 10.1 Å². The van der Waals surface area contributed by atoms with Gasteiger partial charge in [-0.05, 0) is 45.9 Å². The first-order valence-electron chi connectivity index (χ1n) is 7.38. The van der Waals surface area contributed by atoms with Crippen LogP contribution in [0.25, 0.3) is 0 Å². The molecular weight excluding hydrogens is 300 g/mol. The number of hydrogen-bond donors (Lipinski definition) is 2. The fraction of sp³-hybridized carbons (Fsp3) is 0.438. The molecule has 1 rings (SSSR count). The molecule has 0 bridgehead atoms. The Morgan fingerprint density at radius 3 is 2.48 bits per heavy atom. The van der Waals surface area contributed by atoms with E-state index in [-0.39, 0.29) is 12.6 Å². The second-order valence-electron chi connectivity index (χ2n) is 5.13. The molecule has 0 aromatic heterocycles. The maximum Gasteiger partial charge on any atom is 0.338 e. The van der Waals surface area contributed by atoms with E-state index < -0.39 is 24.0 Å². The van der Waals surface area contributed by atoms with Crippen molar-refractivity contribution in [2.24, 2.45) is 0 Å². The molecule has 0 aliphatic carbocycles. The Morgan fingerprint density at radius 2 is 1.87 bits per heavy atom. The predicted octanol–water partition coefficient (Wildman–Crippen LogP) is 1.86. The van der Waals surface area contributed by atoms with Gasteiger partial charge < -0.3 is 14.8 Å². The molecule has 3 amide bonds.